The first-order valence-electron chi connectivity index (χ1n) is 9.58. The molecule has 0 spiro atoms. The summed E-state index contributed by atoms with van der Waals surface area (Å²) in [5, 5.41) is 20.1. The highest BCUT2D eigenvalue weighted by molar-refractivity contribution is 6.29. The Kier molecular flexibility index (Phi) is 5.92. The van der Waals surface area contributed by atoms with Crippen LogP contribution in [0.3, 0.4) is 0 Å². The van der Waals surface area contributed by atoms with Gasteiger partial charge in [-0.1, -0.05) is 41.9 Å². The van der Waals surface area contributed by atoms with Crippen LogP contribution in [0, 0.1) is 10.1 Å². The number of nitro groups is 1. The van der Waals surface area contributed by atoms with Gasteiger partial charge in [0.25, 0.3) is 0 Å². The quantitative estimate of drug-likeness (QED) is 0.428. The lowest BCUT2D eigenvalue weighted by Gasteiger charge is -2.35. The molecule has 0 amide bonds. The van der Waals surface area contributed by atoms with Gasteiger partial charge in [-0.25, -0.2) is 4.98 Å². The van der Waals surface area contributed by atoms with Gasteiger partial charge in [0.2, 0.25) is 5.82 Å². The van der Waals surface area contributed by atoms with Crippen LogP contribution in [0.15, 0.2) is 42.7 Å². The molecule has 11 heteroatoms. The topological polar surface area (TPSA) is 116 Å². The maximum absolute atomic E-state index is 12.0. The van der Waals surface area contributed by atoms with Crippen LogP contribution in [0.1, 0.15) is 13.8 Å². The van der Waals surface area contributed by atoms with E-state index in [4.69, 9.17) is 21.1 Å². The zero-order valence-corrected chi connectivity index (χ0v) is 17.6. The number of halogens is 1. The molecule has 0 aliphatic carbocycles. The number of nitrogens with zero attached hydrogens (tertiary/aromatic N) is 6. The molecule has 4 rings (SSSR count). The van der Waals surface area contributed by atoms with E-state index in [1.165, 1.54) is 12.4 Å². The Labute approximate surface area is 183 Å². The van der Waals surface area contributed by atoms with Crippen LogP contribution in [0.5, 0.6) is 11.6 Å². The predicted molar refractivity (Wildman–Crippen MR) is 113 cm³/mol. The van der Waals surface area contributed by atoms with E-state index in [1.807, 2.05) is 44.2 Å². The molecule has 2 aromatic heterocycles. The van der Waals surface area contributed by atoms with Crippen molar-refractivity contribution < 1.29 is 14.4 Å². The summed E-state index contributed by atoms with van der Waals surface area (Å²) in [6, 6.07) is 10.6. The highest BCUT2D eigenvalue weighted by Crippen LogP contribution is 2.39. The van der Waals surface area contributed by atoms with Gasteiger partial charge < -0.3 is 14.4 Å². The van der Waals surface area contributed by atoms with Crippen molar-refractivity contribution in [1.82, 2.24) is 20.2 Å². The SMILES string of the molecule is CC1CN(c2ncnc(Oc3cc(Cl)nnc3-c3ccccc3)c2[N+](=O)[O-])CC(C)O1. The standard InChI is InChI=1S/C20H19ClN6O4/c1-12-9-26(10-13(2)30-12)19-18(27(28)29)20(23-11-22-19)31-15-8-16(21)24-25-17(15)14-6-4-3-5-7-14/h3-8,11-13H,9-10H2,1-2H3. The maximum atomic E-state index is 12.0. The van der Waals surface area contributed by atoms with E-state index in [9.17, 15) is 10.1 Å². The van der Waals surface area contributed by atoms with Gasteiger partial charge in [-0.05, 0) is 13.8 Å². The summed E-state index contributed by atoms with van der Waals surface area (Å²) in [6.45, 7) is 4.73. The average Bonchev–Trinajstić information content (AvgIpc) is 2.73. The summed E-state index contributed by atoms with van der Waals surface area (Å²) in [4.78, 5) is 21.5. The number of anilines is 1. The molecule has 31 heavy (non-hydrogen) atoms. The number of ether oxygens (including phenoxy) is 2. The van der Waals surface area contributed by atoms with Crippen molar-refractivity contribution in [3.05, 3.63) is 58.0 Å². The third kappa shape index (κ3) is 4.54. The molecule has 1 saturated heterocycles. The fourth-order valence-corrected chi connectivity index (χ4v) is 3.64. The molecule has 3 heterocycles. The largest absolute Gasteiger partial charge is 0.431 e. The van der Waals surface area contributed by atoms with Crippen LogP contribution in [-0.2, 0) is 4.74 Å². The number of benzene rings is 1. The first-order valence-corrected chi connectivity index (χ1v) is 9.96. The van der Waals surface area contributed by atoms with Crippen molar-refractivity contribution in [3.63, 3.8) is 0 Å². The molecule has 160 valence electrons. The Morgan fingerprint density at radius 1 is 1.16 bits per heavy atom. The van der Waals surface area contributed by atoms with E-state index in [0.29, 0.717) is 18.8 Å². The fourth-order valence-electron chi connectivity index (χ4n) is 3.50. The molecular formula is C20H19ClN6O4. The highest BCUT2D eigenvalue weighted by Gasteiger charge is 2.33. The van der Waals surface area contributed by atoms with Crippen LogP contribution in [0.25, 0.3) is 11.3 Å². The van der Waals surface area contributed by atoms with Crippen molar-refractivity contribution in [1.29, 1.82) is 0 Å². The molecule has 0 N–H and O–H groups in total. The second kappa shape index (κ2) is 8.78. The lowest BCUT2D eigenvalue weighted by atomic mass is 10.1. The summed E-state index contributed by atoms with van der Waals surface area (Å²) in [7, 11) is 0. The molecule has 0 bridgehead atoms. The maximum Gasteiger partial charge on any atom is 0.373 e. The Bertz CT molecular complexity index is 1090. The van der Waals surface area contributed by atoms with Gasteiger partial charge in [0.05, 0.1) is 17.1 Å². The Hall–Kier alpha value is -3.37. The molecule has 1 aliphatic rings. The molecule has 0 radical (unpaired) electrons. The van der Waals surface area contributed by atoms with Gasteiger partial charge in [0.1, 0.15) is 12.0 Å². The van der Waals surface area contributed by atoms with Gasteiger partial charge in [-0.15, -0.1) is 10.2 Å². The van der Waals surface area contributed by atoms with Crippen LogP contribution in [0.2, 0.25) is 5.15 Å². The van der Waals surface area contributed by atoms with E-state index < -0.39 is 4.92 Å². The van der Waals surface area contributed by atoms with Gasteiger partial charge in [0.15, 0.2) is 10.9 Å². The summed E-state index contributed by atoms with van der Waals surface area (Å²) >= 11 is 6.02. The molecule has 1 fully saturated rings. The van der Waals surface area contributed by atoms with E-state index in [-0.39, 0.29) is 40.5 Å². The van der Waals surface area contributed by atoms with E-state index >= 15 is 0 Å². The first kappa shape index (κ1) is 20.9. The van der Waals surface area contributed by atoms with Crippen LogP contribution < -0.4 is 9.64 Å². The van der Waals surface area contributed by atoms with E-state index in [0.717, 1.165) is 5.56 Å². The number of hydrogen-bond acceptors (Lipinski definition) is 9. The Balaban J connectivity index is 1.77. The number of hydrogen-bond donors (Lipinski definition) is 0. The molecule has 3 aromatic rings. The summed E-state index contributed by atoms with van der Waals surface area (Å²) in [5.74, 6) is 0.164. The predicted octanol–water partition coefficient (Wildman–Crippen LogP) is 3.90. The van der Waals surface area contributed by atoms with Crippen molar-refractivity contribution in [2.45, 2.75) is 26.1 Å². The lowest BCUT2D eigenvalue weighted by molar-refractivity contribution is -0.385. The first-order chi connectivity index (χ1) is 14.9. The van der Waals surface area contributed by atoms with Crippen molar-refractivity contribution in [3.8, 4) is 22.9 Å². The van der Waals surface area contributed by atoms with Crippen molar-refractivity contribution >= 4 is 23.1 Å². The fraction of sp³-hybridized carbons (Fsp3) is 0.300. The third-order valence-corrected chi connectivity index (χ3v) is 4.84. The van der Waals surface area contributed by atoms with Crippen LogP contribution >= 0.6 is 11.6 Å². The minimum atomic E-state index is -0.548. The molecule has 2 unspecified atom stereocenters. The van der Waals surface area contributed by atoms with Gasteiger partial charge >= 0.3 is 11.6 Å². The van der Waals surface area contributed by atoms with Gasteiger partial charge in [-0.2, -0.15) is 4.98 Å². The molecule has 10 nitrogen and oxygen atoms in total. The molecular weight excluding hydrogens is 424 g/mol. The number of aromatic nitrogens is 4. The van der Waals surface area contributed by atoms with Crippen LogP contribution in [0.4, 0.5) is 11.5 Å². The zero-order valence-electron chi connectivity index (χ0n) is 16.8. The third-order valence-electron chi connectivity index (χ3n) is 4.65. The second-order valence-corrected chi connectivity index (χ2v) is 7.51. The smallest absolute Gasteiger partial charge is 0.373 e. The average molecular weight is 443 g/mol. The van der Waals surface area contributed by atoms with Crippen molar-refractivity contribution in [2.75, 3.05) is 18.0 Å². The Morgan fingerprint density at radius 2 is 1.87 bits per heavy atom. The normalized spacial score (nSPS) is 18.6. The summed E-state index contributed by atoms with van der Waals surface area (Å²) in [6.07, 6.45) is 1.03. The minimum absolute atomic E-state index is 0.0856. The minimum Gasteiger partial charge on any atom is -0.431 e. The highest BCUT2D eigenvalue weighted by atomic mass is 35.5. The lowest BCUT2D eigenvalue weighted by Crippen LogP contribution is -2.46. The summed E-state index contributed by atoms with van der Waals surface area (Å²) in [5.41, 5.74) is 0.762. The number of morpholine rings is 1. The summed E-state index contributed by atoms with van der Waals surface area (Å²) < 4.78 is 11.6. The van der Waals surface area contributed by atoms with E-state index in [2.05, 4.69) is 20.2 Å². The molecule has 1 aliphatic heterocycles. The number of rotatable bonds is 5. The second-order valence-electron chi connectivity index (χ2n) is 7.12. The van der Waals surface area contributed by atoms with Crippen LogP contribution in [-0.4, -0.2) is 50.4 Å². The molecule has 2 atom stereocenters. The monoisotopic (exact) mass is 442 g/mol. The van der Waals surface area contributed by atoms with E-state index in [1.54, 1.807) is 4.90 Å². The zero-order chi connectivity index (χ0) is 22.0. The van der Waals surface area contributed by atoms with Crippen molar-refractivity contribution in [2.24, 2.45) is 0 Å². The van der Waals surface area contributed by atoms with Gasteiger partial charge in [0, 0.05) is 24.7 Å². The van der Waals surface area contributed by atoms with Gasteiger partial charge in [-0.3, -0.25) is 10.1 Å². The molecule has 1 aromatic carbocycles. The Morgan fingerprint density at radius 3 is 2.55 bits per heavy atom. The molecule has 0 saturated carbocycles.